The van der Waals surface area contributed by atoms with Crippen LogP contribution in [0.25, 0.3) is 190 Å². The lowest BCUT2D eigenvalue weighted by atomic mass is 9.79. The second-order valence-electron chi connectivity index (χ2n) is 27.5. The maximum atomic E-state index is 9.05. The Hall–Kier alpha value is -14.6. The summed E-state index contributed by atoms with van der Waals surface area (Å²) in [5.74, 6) is 3.44. The molecular weight excluding hydrogens is 1440 g/mol. The smallest absolute Gasteiger partial charge is 0.455 e. The molecule has 12 heteroatoms. The van der Waals surface area contributed by atoms with Gasteiger partial charge >= 0.3 is 7.12 Å². The van der Waals surface area contributed by atoms with Crippen LogP contribution in [-0.4, -0.2) is 47.1 Å². The number of halogens is 1. The van der Waals surface area contributed by atoms with Gasteiger partial charge in [0.25, 0.3) is 0 Å². The van der Waals surface area contributed by atoms with Gasteiger partial charge in [-0.2, -0.15) is 0 Å². The number of fused-ring (bicyclic) bond motifs is 6. The van der Waals surface area contributed by atoms with E-state index in [1.165, 1.54) is 5.56 Å². The van der Waals surface area contributed by atoms with E-state index >= 15 is 0 Å². The molecular formula is C104H76BClN6O4. The van der Waals surface area contributed by atoms with Crippen LogP contribution in [0, 0.1) is 0 Å². The first-order chi connectivity index (χ1) is 56.3. The predicted octanol–water partition coefficient (Wildman–Crippen LogP) is 26.5. The van der Waals surface area contributed by atoms with Crippen molar-refractivity contribution in [3.05, 3.63) is 405 Å². The van der Waals surface area contributed by atoms with Crippen LogP contribution in [0.2, 0.25) is 5.02 Å². The van der Waals surface area contributed by atoms with Gasteiger partial charge < -0.3 is 18.9 Å². The van der Waals surface area contributed by atoms with Crippen molar-refractivity contribution in [1.82, 2.24) is 29.9 Å². The molecule has 10 nitrogen and oxygen atoms in total. The molecule has 0 aliphatic rings. The maximum Gasteiger partial charge on any atom is 0.488 e. The topological polar surface area (TPSA) is 144 Å². The van der Waals surface area contributed by atoms with Crippen LogP contribution in [0.5, 0.6) is 0 Å². The summed E-state index contributed by atoms with van der Waals surface area (Å²) in [7, 11) is -1.41. The van der Waals surface area contributed by atoms with Crippen LogP contribution >= 0.6 is 11.6 Å². The number of nitrogens with zero attached hydrogens (tertiary/aromatic N) is 6. The van der Waals surface area contributed by atoms with Gasteiger partial charge in [0.1, 0.15) is 22.3 Å². The third-order valence-electron chi connectivity index (χ3n) is 20.2. The van der Waals surface area contributed by atoms with Gasteiger partial charge in [-0.1, -0.05) is 378 Å². The van der Waals surface area contributed by atoms with Gasteiger partial charge in [0, 0.05) is 54.9 Å². The molecule has 4 heterocycles. The Balaban J connectivity index is 0.000000148. The maximum absolute atomic E-state index is 9.05. The zero-order valence-corrected chi connectivity index (χ0v) is 62.2. The Morgan fingerprint density at radius 1 is 0.207 bits per heavy atom. The zero-order chi connectivity index (χ0) is 76.7. The molecule has 116 heavy (non-hydrogen) atoms. The second kappa shape index (κ2) is 34.2. The monoisotopic (exact) mass is 1520 g/mol. The fourth-order valence-electron chi connectivity index (χ4n) is 14.6. The van der Waals surface area contributed by atoms with E-state index in [1.54, 1.807) is 12.1 Å². The summed E-state index contributed by atoms with van der Waals surface area (Å²) in [6.45, 7) is 0. The molecule has 0 bridgehead atoms. The highest BCUT2D eigenvalue weighted by atomic mass is 35.5. The van der Waals surface area contributed by atoms with Crippen molar-refractivity contribution >= 4 is 68.1 Å². The lowest BCUT2D eigenvalue weighted by Gasteiger charge is -2.12. The van der Waals surface area contributed by atoms with Gasteiger partial charge in [-0.15, -0.1) is 0 Å². The Bertz CT molecular complexity index is 6680. The summed E-state index contributed by atoms with van der Waals surface area (Å²) in [6.07, 6.45) is 0. The molecule has 0 atom stereocenters. The van der Waals surface area contributed by atoms with Gasteiger partial charge in [-0.25, -0.2) is 29.9 Å². The van der Waals surface area contributed by atoms with E-state index in [9.17, 15) is 0 Å². The average molecular weight is 1520 g/mol. The van der Waals surface area contributed by atoms with Crippen LogP contribution in [0.4, 0.5) is 0 Å². The van der Waals surface area contributed by atoms with E-state index in [0.29, 0.717) is 51.0 Å². The van der Waals surface area contributed by atoms with E-state index in [0.717, 1.165) is 144 Å². The van der Waals surface area contributed by atoms with Gasteiger partial charge in [0.05, 0.1) is 16.1 Å². The Labute approximate surface area is 678 Å². The second-order valence-corrected chi connectivity index (χ2v) is 27.9. The molecule has 16 aromatic carbocycles. The first kappa shape index (κ1) is 75.5. The van der Waals surface area contributed by atoms with Crippen LogP contribution in [-0.2, 0) is 0 Å². The van der Waals surface area contributed by atoms with Crippen molar-refractivity contribution < 1.29 is 18.9 Å². The summed E-state index contributed by atoms with van der Waals surface area (Å²) in [5.41, 5.74) is 23.8. The van der Waals surface area contributed by atoms with Crippen molar-refractivity contribution in [2.24, 2.45) is 0 Å². The van der Waals surface area contributed by atoms with Gasteiger partial charge in [-0.05, 0) is 121 Å². The quantitative estimate of drug-likeness (QED) is 0.101. The largest absolute Gasteiger partial charge is 0.488 e. The van der Waals surface area contributed by atoms with Gasteiger partial charge in [-0.3, -0.25) is 0 Å². The van der Waals surface area contributed by atoms with E-state index in [2.05, 4.69) is 182 Å². The lowest BCUT2D eigenvalue weighted by Crippen LogP contribution is -2.29. The summed E-state index contributed by atoms with van der Waals surface area (Å²) in [5, 5.41) is 22.5. The highest BCUT2D eigenvalue weighted by Gasteiger charge is 2.26. The molecule has 4 aromatic heterocycles. The van der Waals surface area contributed by atoms with Crippen LogP contribution in [0.1, 0.15) is 14.9 Å². The predicted molar refractivity (Wildman–Crippen MR) is 480 cm³/mol. The van der Waals surface area contributed by atoms with Crippen molar-refractivity contribution in [3.63, 3.8) is 0 Å². The average Bonchev–Trinajstić information content (AvgIpc) is 1.58. The lowest BCUT2D eigenvalue weighted by molar-refractivity contribution is 0.426. The number of aromatic nitrogens is 6. The Morgan fingerprint density at radius 3 is 0.853 bits per heavy atom. The zero-order valence-electron chi connectivity index (χ0n) is 61.5. The molecule has 0 amide bonds. The van der Waals surface area contributed by atoms with Crippen molar-refractivity contribution in [1.29, 1.82) is 0 Å². The van der Waals surface area contributed by atoms with Crippen LogP contribution in [0.3, 0.4) is 0 Å². The molecule has 0 aliphatic carbocycles. The fraction of sp³-hybridized carbons (Fsp3) is 0.0192. The summed E-state index contributed by atoms with van der Waals surface area (Å²) >= 11 is 6.97. The summed E-state index contributed by atoms with van der Waals surface area (Å²) < 4.78 is 14.0. The first-order valence-corrected chi connectivity index (χ1v) is 38.0. The minimum absolute atomic E-state index is 0. The standard InChI is InChI=1S/C51H33N3O.C39H24ClN3O.C12H11BO2.2CH4/c1-6-17-34(18-7-1)39-27-16-28-40(31-39)42-29-30-43(51-53-49(37-23-12-4-13-24-37)52-50(54-51)38-25-14-5-15-26-38)48-46(42)45-33-41(35-19-8-2-9-20-35)32-44(47(45)55-48)36-21-10-3-11-22-36;40-33-22-21-30(39-42-37(27-17-9-3-10-18-27)41-38(43-39)28-19-11-4-12-20-28)36-34(33)32-24-29(25-13-5-1-6-14-25)23-31(35(32)44-36)26-15-7-2-8-16-26;14-13(15)12-8-4-7-11(9-12)10-5-2-1-3-6-10;;/h1-33H;1-24H;1-9,14-15H;2*1H4. The highest BCUT2D eigenvalue weighted by Crippen LogP contribution is 2.48. The third-order valence-corrected chi connectivity index (χ3v) is 20.5. The summed E-state index contributed by atoms with van der Waals surface area (Å²) in [6, 6.07) is 135. The van der Waals surface area contributed by atoms with Gasteiger partial charge in [0.15, 0.2) is 34.9 Å². The molecule has 0 saturated carbocycles. The number of benzene rings is 16. The van der Waals surface area contributed by atoms with E-state index < -0.39 is 7.12 Å². The molecule has 0 radical (unpaired) electrons. The molecule has 2 N–H and O–H groups in total. The molecule has 20 aromatic rings. The molecule has 0 aliphatic heterocycles. The van der Waals surface area contributed by atoms with E-state index in [-0.39, 0.29) is 14.9 Å². The van der Waals surface area contributed by atoms with Crippen LogP contribution in [0.15, 0.2) is 409 Å². The van der Waals surface area contributed by atoms with Gasteiger partial charge in [0.2, 0.25) is 0 Å². The van der Waals surface area contributed by atoms with Crippen molar-refractivity contribution in [2.75, 3.05) is 0 Å². The van der Waals surface area contributed by atoms with Crippen LogP contribution < -0.4 is 5.46 Å². The molecule has 0 unspecified atom stereocenters. The number of rotatable bonds is 14. The molecule has 0 saturated heterocycles. The molecule has 20 rings (SSSR count). The number of hydrogen-bond donors (Lipinski definition) is 2. The SMILES string of the molecule is C.C.Clc1ccc(-c2nc(-c3ccccc3)nc(-c3ccccc3)n2)c2oc3c(-c4ccccc4)cc(-c4ccccc4)cc3c12.OB(O)c1cccc(-c2ccccc2)c1.c1ccc(-c2cccc(-c3ccc(-c4nc(-c5ccccc5)nc(-c5ccccc5)n4)c4oc5c(-c6ccccc6)cc(-c6ccccc6)cc5c34)c2)cc1. The minimum Gasteiger partial charge on any atom is -0.455 e. The van der Waals surface area contributed by atoms with E-state index in [1.807, 2.05) is 206 Å². The third kappa shape index (κ3) is 15.7. The van der Waals surface area contributed by atoms with Crippen molar-refractivity contribution in [3.8, 4) is 146 Å². The fourth-order valence-corrected chi connectivity index (χ4v) is 14.9. The highest BCUT2D eigenvalue weighted by molar-refractivity contribution is 6.58. The minimum atomic E-state index is -1.41. The summed E-state index contributed by atoms with van der Waals surface area (Å²) in [4.78, 5) is 30.1. The number of furan rings is 2. The number of hydrogen-bond acceptors (Lipinski definition) is 10. The molecule has 0 spiro atoms. The Morgan fingerprint density at radius 2 is 0.483 bits per heavy atom. The normalized spacial score (nSPS) is 10.9. The Kier molecular flexibility index (Phi) is 22.2. The molecule has 556 valence electrons. The molecule has 0 fully saturated rings. The first-order valence-electron chi connectivity index (χ1n) is 37.6. The van der Waals surface area contributed by atoms with E-state index in [4.69, 9.17) is 60.4 Å². The van der Waals surface area contributed by atoms with Crippen molar-refractivity contribution in [2.45, 2.75) is 14.9 Å².